The van der Waals surface area contributed by atoms with Crippen LogP contribution in [0.4, 0.5) is 9.59 Å². The second-order valence-corrected chi connectivity index (χ2v) is 14.5. The van der Waals surface area contributed by atoms with E-state index < -0.39 is 47.7 Å². The van der Waals surface area contributed by atoms with Crippen LogP contribution >= 0.6 is 0 Å². The quantitative estimate of drug-likeness (QED) is 0.0816. The fourth-order valence-electron chi connectivity index (χ4n) is 5.97. The number of hydrogen-bond acceptors (Lipinski definition) is 8. The maximum Gasteiger partial charge on any atom is 0.408 e. The number of carbonyl (C=O) groups excluding carboxylic acids is 5. The summed E-state index contributed by atoms with van der Waals surface area (Å²) in [5.41, 5.74) is 1.15. The van der Waals surface area contributed by atoms with E-state index in [4.69, 9.17) is 14.2 Å². The van der Waals surface area contributed by atoms with Gasteiger partial charge in [0.05, 0.1) is 19.1 Å². The van der Waals surface area contributed by atoms with Crippen molar-refractivity contribution in [1.29, 1.82) is 0 Å². The van der Waals surface area contributed by atoms with E-state index in [-0.39, 0.29) is 37.4 Å². The number of hydrogen-bond donors (Lipinski definition) is 3. The first-order chi connectivity index (χ1) is 24.8. The van der Waals surface area contributed by atoms with Crippen LogP contribution in [0.5, 0.6) is 0 Å². The molecule has 52 heavy (non-hydrogen) atoms. The smallest absolute Gasteiger partial charge is 0.408 e. The number of ether oxygens (including phenoxy) is 3. The maximum absolute atomic E-state index is 14.2. The SMILES string of the molecule is COC(=O)C(CCCNC(=O)OCc1ccccc1)NC(=O)[C@@H]1CCCN1C(=O)[C@H](/C=C/[C@H](CC(C)C)NC(=O)OC(C)(C)C)Cc1ccccc1. The van der Waals surface area contributed by atoms with Gasteiger partial charge < -0.3 is 35.1 Å². The molecule has 4 atom stereocenters. The molecule has 1 fully saturated rings. The topological polar surface area (TPSA) is 152 Å². The van der Waals surface area contributed by atoms with E-state index >= 15 is 0 Å². The normalized spacial score (nSPS) is 16.1. The van der Waals surface area contributed by atoms with E-state index in [2.05, 4.69) is 29.8 Å². The monoisotopic (exact) mass is 720 g/mol. The molecule has 4 amide bonds. The van der Waals surface area contributed by atoms with Crippen molar-refractivity contribution in [3.8, 4) is 0 Å². The van der Waals surface area contributed by atoms with Gasteiger partial charge in [0, 0.05) is 13.1 Å². The zero-order valence-electron chi connectivity index (χ0n) is 31.4. The van der Waals surface area contributed by atoms with Crippen LogP contribution in [-0.2, 0) is 41.6 Å². The Balaban J connectivity index is 1.67. The standard InChI is InChI=1S/C40H56N4O8/c1-28(2)25-32(42-39(49)52-40(3,4)5)22-21-31(26-29-15-9-7-10-16-29)36(46)44-24-14-20-34(44)35(45)43-33(37(47)50-6)19-13-23-41-38(48)51-27-30-17-11-8-12-18-30/h7-12,15-18,21-22,28,31-34H,13-14,19-20,23-27H2,1-6H3,(H,41,48)(H,42,49)(H,43,45)/b22-21+/t31-,32-,33?,34+/m1/s1. The second kappa shape index (κ2) is 20.8. The highest BCUT2D eigenvalue weighted by Gasteiger charge is 2.38. The van der Waals surface area contributed by atoms with Gasteiger partial charge in [-0.15, -0.1) is 0 Å². The number of methoxy groups -OCH3 is 1. The zero-order chi connectivity index (χ0) is 38.1. The van der Waals surface area contributed by atoms with Gasteiger partial charge in [-0.05, 0) is 76.3 Å². The minimum atomic E-state index is -0.965. The van der Waals surface area contributed by atoms with E-state index in [9.17, 15) is 24.0 Å². The third-order valence-electron chi connectivity index (χ3n) is 8.41. The number of benzene rings is 2. The number of alkyl carbamates (subject to hydrolysis) is 2. The minimum absolute atomic E-state index is 0.133. The molecule has 2 aromatic carbocycles. The summed E-state index contributed by atoms with van der Waals surface area (Å²) in [6, 6.07) is 16.8. The summed E-state index contributed by atoms with van der Waals surface area (Å²) < 4.78 is 15.7. The van der Waals surface area contributed by atoms with E-state index in [0.29, 0.717) is 38.6 Å². The van der Waals surface area contributed by atoms with Crippen LogP contribution in [0.15, 0.2) is 72.8 Å². The average molecular weight is 721 g/mol. The first kappa shape index (κ1) is 41.5. The Bertz CT molecular complexity index is 1480. The number of carbonyl (C=O) groups is 5. The summed E-state index contributed by atoms with van der Waals surface area (Å²) in [6.45, 7) is 10.2. The predicted molar refractivity (Wildman–Crippen MR) is 198 cm³/mol. The Kier molecular flexibility index (Phi) is 16.7. The highest BCUT2D eigenvalue weighted by molar-refractivity contribution is 5.92. The molecule has 0 aromatic heterocycles. The number of nitrogens with one attached hydrogen (secondary N) is 3. The molecule has 12 heteroatoms. The molecule has 3 rings (SSSR count). The van der Waals surface area contributed by atoms with Crippen molar-refractivity contribution in [3.05, 3.63) is 83.9 Å². The Morgan fingerprint density at radius 2 is 1.56 bits per heavy atom. The first-order valence-electron chi connectivity index (χ1n) is 18.1. The summed E-state index contributed by atoms with van der Waals surface area (Å²) in [5, 5.41) is 8.39. The van der Waals surface area contributed by atoms with E-state index in [1.807, 2.05) is 72.8 Å². The van der Waals surface area contributed by atoms with Crippen molar-refractivity contribution in [2.24, 2.45) is 11.8 Å². The van der Waals surface area contributed by atoms with E-state index in [1.165, 1.54) is 7.11 Å². The van der Waals surface area contributed by atoms with Gasteiger partial charge in [-0.3, -0.25) is 9.59 Å². The molecular formula is C40H56N4O8. The highest BCUT2D eigenvalue weighted by atomic mass is 16.6. The van der Waals surface area contributed by atoms with Crippen LogP contribution in [0.1, 0.15) is 77.8 Å². The van der Waals surface area contributed by atoms with Gasteiger partial charge in [-0.2, -0.15) is 0 Å². The fourth-order valence-corrected chi connectivity index (χ4v) is 5.97. The van der Waals surface area contributed by atoms with Crippen molar-refractivity contribution < 1.29 is 38.2 Å². The number of rotatable bonds is 17. The van der Waals surface area contributed by atoms with Crippen molar-refractivity contribution in [3.63, 3.8) is 0 Å². The third-order valence-corrected chi connectivity index (χ3v) is 8.41. The van der Waals surface area contributed by atoms with E-state index in [1.54, 1.807) is 25.7 Å². The van der Waals surface area contributed by atoms with Crippen LogP contribution in [0.3, 0.4) is 0 Å². The molecule has 0 saturated carbocycles. The molecule has 3 N–H and O–H groups in total. The Hall–Kier alpha value is -4.87. The molecular weight excluding hydrogens is 664 g/mol. The van der Waals surface area contributed by atoms with Gasteiger partial charge in [0.15, 0.2) is 0 Å². The van der Waals surface area contributed by atoms with Crippen LogP contribution in [-0.4, -0.2) is 78.8 Å². The van der Waals surface area contributed by atoms with Crippen LogP contribution in [0.25, 0.3) is 0 Å². The van der Waals surface area contributed by atoms with Gasteiger partial charge >= 0.3 is 18.2 Å². The molecule has 1 heterocycles. The lowest BCUT2D eigenvalue weighted by atomic mass is 9.95. The number of esters is 1. The molecule has 1 aliphatic heterocycles. The molecule has 1 saturated heterocycles. The maximum atomic E-state index is 14.2. The van der Waals surface area contributed by atoms with Crippen LogP contribution < -0.4 is 16.0 Å². The molecule has 0 aliphatic carbocycles. The summed E-state index contributed by atoms with van der Waals surface area (Å²) in [7, 11) is 1.25. The van der Waals surface area contributed by atoms with Gasteiger partial charge in [0.2, 0.25) is 11.8 Å². The summed E-state index contributed by atoms with van der Waals surface area (Å²) in [5.74, 6) is -1.63. The largest absolute Gasteiger partial charge is 0.467 e. The van der Waals surface area contributed by atoms with Crippen molar-refractivity contribution in [1.82, 2.24) is 20.9 Å². The lowest BCUT2D eigenvalue weighted by Gasteiger charge is -2.29. The number of nitrogens with zero attached hydrogens (tertiary/aromatic N) is 1. The molecule has 0 spiro atoms. The van der Waals surface area contributed by atoms with Gasteiger partial charge in [0.25, 0.3) is 0 Å². The molecule has 0 radical (unpaired) electrons. The second-order valence-electron chi connectivity index (χ2n) is 14.5. The lowest BCUT2D eigenvalue weighted by Crippen LogP contribution is -2.52. The average Bonchev–Trinajstić information content (AvgIpc) is 3.60. The summed E-state index contributed by atoms with van der Waals surface area (Å²) in [4.78, 5) is 67.0. The molecule has 2 aromatic rings. The van der Waals surface area contributed by atoms with Crippen molar-refractivity contribution in [2.75, 3.05) is 20.2 Å². The molecule has 1 aliphatic rings. The molecule has 284 valence electrons. The van der Waals surface area contributed by atoms with Crippen LogP contribution in [0.2, 0.25) is 0 Å². The van der Waals surface area contributed by atoms with Crippen LogP contribution in [0, 0.1) is 11.8 Å². The third kappa shape index (κ3) is 14.8. The first-order valence-corrected chi connectivity index (χ1v) is 18.1. The van der Waals surface area contributed by atoms with E-state index in [0.717, 1.165) is 11.1 Å². The molecule has 12 nitrogen and oxygen atoms in total. The van der Waals surface area contributed by atoms with Crippen molar-refractivity contribution in [2.45, 2.75) is 103 Å². The van der Waals surface area contributed by atoms with Gasteiger partial charge in [-0.1, -0.05) is 86.7 Å². The molecule has 1 unspecified atom stereocenters. The highest BCUT2D eigenvalue weighted by Crippen LogP contribution is 2.24. The minimum Gasteiger partial charge on any atom is -0.467 e. The van der Waals surface area contributed by atoms with Crippen molar-refractivity contribution >= 4 is 30.0 Å². The molecule has 0 bridgehead atoms. The summed E-state index contributed by atoms with van der Waals surface area (Å²) >= 11 is 0. The summed E-state index contributed by atoms with van der Waals surface area (Å²) in [6.07, 6.45) is 5.22. The Morgan fingerprint density at radius 3 is 2.17 bits per heavy atom. The predicted octanol–water partition coefficient (Wildman–Crippen LogP) is 5.70. The zero-order valence-corrected chi connectivity index (χ0v) is 31.4. The Morgan fingerprint density at radius 1 is 0.904 bits per heavy atom. The van der Waals surface area contributed by atoms with Gasteiger partial charge in [-0.25, -0.2) is 14.4 Å². The Labute approximate surface area is 308 Å². The lowest BCUT2D eigenvalue weighted by molar-refractivity contribution is -0.146. The number of likely N-dealkylation sites (tertiary alicyclic amines) is 1. The number of amides is 4. The fraction of sp³-hybridized carbons (Fsp3) is 0.525. The van der Waals surface area contributed by atoms with Gasteiger partial charge in [0.1, 0.15) is 24.3 Å².